The molecule has 17 heavy (non-hydrogen) atoms. The van der Waals surface area contributed by atoms with Crippen LogP contribution in [0.5, 0.6) is 0 Å². The highest BCUT2D eigenvalue weighted by Gasteiger charge is 2.18. The Morgan fingerprint density at radius 2 is 2.47 bits per heavy atom. The van der Waals surface area contributed by atoms with Crippen LogP contribution < -0.4 is 10.2 Å². The number of hydrogen-bond acceptors (Lipinski definition) is 4. The van der Waals surface area contributed by atoms with Crippen LogP contribution in [0.2, 0.25) is 0 Å². The van der Waals surface area contributed by atoms with Gasteiger partial charge in [-0.15, -0.1) is 0 Å². The molecule has 1 atom stereocenters. The van der Waals surface area contributed by atoms with Gasteiger partial charge in [0.05, 0.1) is 3.57 Å². The molecule has 1 saturated heterocycles. The van der Waals surface area contributed by atoms with Crippen molar-refractivity contribution in [1.29, 1.82) is 0 Å². The molecular weight excluding hydrogens is 327 g/mol. The van der Waals surface area contributed by atoms with Gasteiger partial charge in [0.1, 0.15) is 12.1 Å². The van der Waals surface area contributed by atoms with Crippen molar-refractivity contribution in [3.05, 3.63) is 16.1 Å². The number of nitrogens with zero attached hydrogens (tertiary/aromatic N) is 3. The van der Waals surface area contributed by atoms with E-state index in [-0.39, 0.29) is 0 Å². The summed E-state index contributed by atoms with van der Waals surface area (Å²) in [4.78, 5) is 10.8. The maximum atomic E-state index is 4.40. The van der Waals surface area contributed by atoms with Crippen LogP contribution in [0, 0.1) is 9.49 Å². The molecule has 0 saturated carbocycles. The van der Waals surface area contributed by atoms with E-state index in [2.05, 4.69) is 49.7 Å². The Hall–Kier alpha value is -0.430. The van der Waals surface area contributed by atoms with Crippen molar-refractivity contribution in [2.45, 2.75) is 19.8 Å². The molecule has 0 spiro atoms. The average Bonchev–Trinajstić information content (AvgIpc) is 2.38. The van der Waals surface area contributed by atoms with Crippen molar-refractivity contribution in [3.63, 3.8) is 0 Å². The Morgan fingerprint density at radius 1 is 1.59 bits per heavy atom. The summed E-state index contributed by atoms with van der Waals surface area (Å²) >= 11 is 2.31. The highest BCUT2D eigenvalue weighted by Crippen LogP contribution is 2.21. The fourth-order valence-electron chi connectivity index (χ4n) is 2.30. The molecule has 2 rings (SSSR count). The lowest BCUT2D eigenvalue weighted by atomic mass is 9.99. The molecule has 0 aliphatic carbocycles. The number of halogens is 1. The van der Waals surface area contributed by atoms with Crippen molar-refractivity contribution in [3.8, 4) is 0 Å². The summed E-state index contributed by atoms with van der Waals surface area (Å²) in [6.07, 6.45) is 6.14. The lowest BCUT2D eigenvalue weighted by Gasteiger charge is -2.30. The van der Waals surface area contributed by atoms with Gasteiger partial charge in [-0.25, -0.2) is 9.97 Å². The van der Waals surface area contributed by atoms with Crippen LogP contribution >= 0.6 is 22.6 Å². The normalized spacial score (nSPS) is 20.2. The first-order valence-corrected chi connectivity index (χ1v) is 7.30. The van der Waals surface area contributed by atoms with E-state index in [0.717, 1.165) is 34.9 Å². The highest BCUT2D eigenvalue weighted by atomic mass is 127. The smallest absolute Gasteiger partial charge is 0.145 e. The van der Waals surface area contributed by atoms with Crippen molar-refractivity contribution < 1.29 is 0 Å². The summed E-state index contributed by atoms with van der Waals surface area (Å²) in [6, 6.07) is 0. The minimum Gasteiger partial charge on any atom is -0.356 e. The van der Waals surface area contributed by atoms with Gasteiger partial charge in [0, 0.05) is 19.3 Å². The Kier molecular flexibility index (Phi) is 4.97. The molecule has 1 aliphatic rings. The second-order valence-corrected chi connectivity index (χ2v) is 5.61. The van der Waals surface area contributed by atoms with Gasteiger partial charge < -0.3 is 10.2 Å². The van der Waals surface area contributed by atoms with Crippen molar-refractivity contribution in [2.75, 3.05) is 31.1 Å². The number of anilines is 1. The zero-order chi connectivity index (χ0) is 12.1. The van der Waals surface area contributed by atoms with Crippen LogP contribution in [0.25, 0.3) is 0 Å². The first-order valence-electron chi connectivity index (χ1n) is 6.22. The molecule has 2 heterocycles. The molecular formula is C12H19IN4. The molecule has 1 aromatic rings. The lowest BCUT2D eigenvalue weighted by molar-refractivity contribution is 0.377. The highest BCUT2D eigenvalue weighted by molar-refractivity contribution is 14.1. The first kappa shape index (κ1) is 13.0. The van der Waals surface area contributed by atoms with Crippen molar-refractivity contribution in [2.24, 2.45) is 5.92 Å². The van der Waals surface area contributed by atoms with E-state index in [1.165, 1.54) is 19.4 Å². The van der Waals surface area contributed by atoms with Gasteiger partial charge in [-0.3, -0.25) is 0 Å². The molecule has 4 nitrogen and oxygen atoms in total. The van der Waals surface area contributed by atoms with Crippen LogP contribution in [0.1, 0.15) is 19.8 Å². The standard InChI is InChI=1S/C12H19IN4/c1-2-17(8-10-4-3-5-14-6-10)12-11(13)7-15-9-16-12/h7,9-10,14H,2-6,8H2,1H3. The molecule has 0 amide bonds. The molecule has 0 radical (unpaired) electrons. The molecule has 5 heteroatoms. The minimum atomic E-state index is 0.745. The summed E-state index contributed by atoms with van der Waals surface area (Å²) in [5.74, 6) is 1.82. The summed E-state index contributed by atoms with van der Waals surface area (Å²) < 4.78 is 1.13. The van der Waals surface area contributed by atoms with Crippen LogP contribution in [0.15, 0.2) is 12.5 Å². The van der Waals surface area contributed by atoms with E-state index in [1.54, 1.807) is 6.33 Å². The third-order valence-corrected chi connectivity index (χ3v) is 3.97. The third-order valence-electron chi connectivity index (χ3n) is 3.21. The predicted octanol–water partition coefficient (Wildman–Crippen LogP) is 1.91. The molecule has 1 N–H and O–H groups in total. The maximum Gasteiger partial charge on any atom is 0.145 e. The van der Waals surface area contributed by atoms with E-state index in [4.69, 9.17) is 0 Å². The fraction of sp³-hybridized carbons (Fsp3) is 0.667. The molecule has 0 bridgehead atoms. The quantitative estimate of drug-likeness (QED) is 0.846. The number of aromatic nitrogens is 2. The molecule has 1 aliphatic heterocycles. The van der Waals surface area contributed by atoms with Crippen molar-refractivity contribution in [1.82, 2.24) is 15.3 Å². The van der Waals surface area contributed by atoms with E-state index in [9.17, 15) is 0 Å². The monoisotopic (exact) mass is 346 g/mol. The number of piperidine rings is 1. The van der Waals surface area contributed by atoms with E-state index in [0.29, 0.717) is 0 Å². The van der Waals surface area contributed by atoms with Crippen LogP contribution in [-0.4, -0.2) is 36.1 Å². The fourth-order valence-corrected chi connectivity index (χ4v) is 2.94. The van der Waals surface area contributed by atoms with Gasteiger partial charge in [-0.2, -0.15) is 0 Å². The Balaban J connectivity index is 2.03. The van der Waals surface area contributed by atoms with Gasteiger partial charge in [-0.1, -0.05) is 0 Å². The SMILES string of the molecule is CCN(CC1CCCNC1)c1ncncc1I. The Labute approximate surface area is 116 Å². The Bertz CT molecular complexity index is 352. The molecule has 1 aromatic heterocycles. The van der Waals surface area contributed by atoms with Crippen LogP contribution in [0.3, 0.4) is 0 Å². The van der Waals surface area contributed by atoms with Gasteiger partial charge in [0.15, 0.2) is 0 Å². The number of rotatable bonds is 4. The van der Waals surface area contributed by atoms with E-state index in [1.807, 2.05) is 6.20 Å². The van der Waals surface area contributed by atoms with Gasteiger partial charge in [0.25, 0.3) is 0 Å². The van der Waals surface area contributed by atoms with Crippen LogP contribution in [0.4, 0.5) is 5.82 Å². The summed E-state index contributed by atoms with van der Waals surface area (Å²) in [7, 11) is 0. The topological polar surface area (TPSA) is 41.0 Å². The number of hydrogen-bond donors (Lipinski definition) is 1. The molecule has 94 valence electrons. The molecule has 1 unspecified atom stereocenters. The summed E-state index contributed by atoms with van der Waals surface area (Å²) in [5.41, 5.74) is 0. The van der Waals surface area contributed by atoms with Gasteiger partial charge >= 0.3 is 0 Å². The predicted molar refractivity (Wildman–Crippen MR) is 78.2 cm³/mol. The largest absolute Gasteiger partial charge is 0.356 e. The first-order chi connectivity index (χ1) is 8.31. The zero-order valence-corrected chi connectivity index (χ0v) is 12.4. The van der Waals surface area contributed by atoms with E-state index < -0.39 is 0 Å². The number of nitrogens with one attached hydrogen (secondary N) is 1. The lowest BCUT2D eigenvalue weighted by Crippen LogP contribution is -2.38. The average molecular weight is 346 g/mol. The maximum absolute atomic E-state index is 4.40. The van der Waals surface area contributed by atoms with E-state index >= 15 is 0 Å². The Morgan fingerprint density at radius 3 is 3.12 bits per heavy atom. The second kappa shape index (κ2) is 6.49. The van der Waals surface area contributed by atoms with Crippen LogP contribution in [-0.2, 0) is 0 Å². The van der Waals surface area contributed by atoms with Gasteiger partial charge in [0.2, 0.25) is 0 Å². The minimum absolute atomic E-state index is 0.745. The second-order valence-electron chi connectivity index (χ2n) is 4.45. The summed E-state index contributed by atoms with van der Waals surface area (Å²) in [6.45, 7) is 6.60. The molecule has 0 aromatic carbocycles. The van der Waals surface area contributed by atoms with Crippen molar-refractivity contribution >= 4 is 28.4 Å². The molecule has 1 fully saturated rings. The zero-order valence-electron chi connectivity index (χ0n) is 10.2. The third kappa shape index (κ3) is 3.51. The van der Waals surface area contributed by atoms with Gasteiger partial charge in [-0.05, 0) is 61.4 Å². The summed E-state index contributed by atoms with van der Waals surface area (Å²) in [5, 5.41) is 3.47.